The molecule has 5 heterocycles. The van der Waals surface area contributed by atoms with Crippen LogP contribution in [0.15, 0.2) is 30.7 Å². The molecule has 39 heavy (non-hydrogen) atoms. The van der Waals surface area contributed by atoms with Gasteiger partial charge in [-0.15, -0.1) is 11.8 Å². The van der Waals surface area contributed by atoms with E-state index in [1.165, 1.54) is 4.90 Å². The van der Waals surface area contributed by atoms with Crippen LogP contribution in [0.2, 0.25) is 0 Å². The molecule has 3 aromatic heterocycles. The standard InChI is InChI=1S/C26H32F3N7O2S/c1-25(2,3)21-18(7-5-10-35(21)24(37)38)33-23-32-12-17(26(27,28)29)20(34-23)16-14-36(19-13-30-9-11-39-19)22-15(16)6-4-8-31-22/h4,6,8,12,14,18-19,21,30H,5,7,9-11,13H2,1-3H3,(H,37,38)(H,32,33,34). The summed E-state index contributed by atoms with van der Waals surface area (Å²) in [5, 5.41) is 16.9. The van der Waals surface area contributed by atoms with E-state index in [1.807, 2.05) is 25.3 Å². The van der Waals surface area contributed by atoms with Gasteiger partial charge in [0.2, 0.25) is 5.95 Å². The maximum Gasteiger partial charge on any atom is 0.419 e. The van der Waals surface area contributed by atoms with E-state index in [1.54, 1.807) is 36.3 Å². The summed E-state index contributed by atoms with van der Waals surface area (Å²) >= 11 is 1.72. The molecule has 2 aliphatic heterocycles. The van der Waals surface area contributed by atoms with Gasteiger partial charge in [-0.1, -0.05) is 20.8 Å². The highest BCUT2D eigenvalue weighted by molar-refractivity contribution is 7.99. The number of anilines is 1. The Morgan fingerprint density at radius 3 is 2.72 bits per heavy atom. The Kier molecular flexibility index (Phi) is 7.40. The predicted molar refractivity (Wildman–Crippen MR) is 145 cm³/mol. The summed E-state index contributed by atoms with van der Waals surface area (Å²) in [6, 6.07) is 2.67. The number of hydrogen-bond donors (Lipinski definition) is 3. The summed E-state index contributed by atoms with van der Waals surface area (Å²) < 4.78 is 44.6. The van der Waals surface area contributed by atoms with Crippen molar-refractivity contribution < 1.29 is 23.1 Å². The second kappa shape index (κ2) is 10.5. The number of thioether (sulfide) groups is 1. The van der Waals surface area contributed by atoms with Crippen molar-refractivity contribution in [2.75, 3.05) is 30.7 Å². The van der Waals surface area contributed by atoms with Gasteiger partial charge in [0, 0.05) is 54.9 Å². The topological polar surface area (TPSA) is 108 Å². The van der Waals surface area contributed by atoms with Crippen molar-refractivity contribution in [2.45, 2.75) is 57.2 Å². The number of nitrogens with zero attached hydrogens (tertiary/aromatic N) is 5. The third-order valence-electron chi connectivity index (χ3n) is 7.24. The second-order valence-corrected chi connectivity index (χ2v) is 12.3. The maximum absolute atomic E-state index is 14.2. The van der Waals surface area contributed by atoms with Gasteiger partial charge < -0.3 is 25.2 Å². The smallest absolute Gasteiger partial charge is 0.419 e. The summed E-state index contributed by atoms with van der Waals surface area (Å²) in [6.07, 6.45) is -0.294. The predicted octanol–water partition coefficient (Wildman–Crippen LogP) is 5.32. The number of rotatable bonds is 4. The van der Waals surface area contributed by atoms with E-state index < -0.39 is 29.3 Å². The molecule has 3 aromatic rings. The van der Waals surface area contributed by atoms with E-state index in [0.29, 0.717) is 42.5 Å². The molecular formula is C26H32F3N7O2S. The van der Waals surface area contributed by atoms with Crippen molar-refractivity contribution in [1.29, 1.82) is 0 Å². The molecule has 0 aromatic carbocycles. The lowest BCUT2D eigenvalue weighted by molar-refractivity contribution is -0.137. The molecule has 210 valence electrons. The zero-order valence-corrected chi connectivity index (χ0v) is 22.8. The number of alkyl halides is 3. The minimum absolute atomic E-state index is 0.0181. The van der Waals surface area contributed by atoms with Crippen molar-refractivity contribution in [2.24, 2.45) is 5.41 Å². The maximum atomic E-state index is 14.2. The van der Waals surface area contributed by atoms with Crippen LogP contribution in [0.4, 0.5) is 23.9 Å². The summed E-state index contributed by atoms with van der Waals surface area (Å²) in [7, 11) is 0. The molecule has 3 atom stereocenters. The van der Waals surface area contributed by atoms with Crippen molar-refractivity contribution in [1.82, 2.24) is 29.7 Å². The number of carboxylic acid groups (broad SMARTS) is 1. The molecule has 0 spiro atoms. The Labute approximate surface area is 228 Å². The van der Waals surface area contributed by atoms with Crippen LogP contribution in [-0.4, -0.2) is 73.1 Å². The average Bonchev–Trinajstić information content (AvgIpc) is 3.27. The highest BCUT2D eigenvalue weighted by Gasteiger charge is 2.42. The van der Waals surface area contributed by atoms with Gasteiger partial charge >= 0.3 is 12.3 Å². The molecule has 3 unspecified atom stereocenters. The molecule has 2 fully saturated rings. The second-order valence-electron chi connectivity index (χ2n) is 11.0. The highest BCUT2D eigenvalue weighted by Crippen LogP contribution is 2.41. The molecule has 9 nitrogen and oxygen atoms in total. The van der Waals surface area contributed by atoms with Crippen LogP contribution in [0.3, 0.4) is 0 Å². The number of halogens is 3. The van der Waals surface area contributed by atoms with Gasteiger partial charge in [0.05, 0.1) is 23.2 Å². The summed E-state index contributed by atoms with van der Waals surface area (Å²) in [6.45, 7) is 7.79. The van der Waals surface area contributed by atoms with Gasteiger partial charge in [0.15, 0.2) is 0 Å². The summed E-state index contributed by atoms with van der Waals surface area (Å²) in [5.41, 5.74) is -0.676. The van der Waals surface area contributed by atoms with E-state index in [4.69, 9.17) is 0 Å². The highest BCUT2D eigenvalue weighted by atomic mass is 32.2. The van der Waals surface area contributed by atoms with E-state index in [9.17, 15) is 23.1 Å². The molecule has 3 N–H and O–H groups in total. The van der Waals surface area contributed by atoms with E-state index in [0.717, 1.165) is 18.5 Å². The van der Waals surface area contributed by atoms with Crippen molar-refractivity contribution in [3.63, 3.8) is 0 Å². The van der Waals surface area contributed by atoms with Gasteiger partial charge in [-0.25, -0.2) is 19.7 Å². The lowest BCUT2D eigenvalue weighted by atomic mass is 9.77. The molecule has 2 aliphatic rings. The monoisotopic (exact) mass is 563 g/mol. The average molecular weight is 564 g/mol. The van der Waals surface area contributed by atoms with Gasteiger partial charge in [0.1, 0.15) is 11.2 Å². The lowest BCUT2D eigenvalue weighted by Crippen LogP contribution is -2.58. The van der Waals surface area contributed by atoms with Gasteiger partial charge in [-0.2, -0.15) is 13.2 Å². The first-order valence-electron chi connectivity index (χ1n) is 12.9. The van der Waals surface area contributed by atoms with Gasteiger partial charge in [0.25, 0.3) is 0 Å². The molecule has 1 amide bonds. The van der Waals surface area contributed by atoms with Crippen LogP contribution >= 0.6 is 11.8 Å². The molecule has 0 saturated carbocycles. The van der Waals surface area contributed by atoms with Crippen LogP contribution in [0.25, 0.3) is 22.3 Å². The minimum atomic E-state index is -4.68. The number of nitrogens with one attached hydrogen (secondary N) is 2. The van der Waals surface area contributed by atoms with Crippen LogP contribution in [-0.2, 0) is 6.18 Å². The number of piperidine rings is 1. The van der Waals surface area contributed by atoms with Crippen LogP contribution < -0.4 is 10.6 Å². The zero-order chi connectivity index (χ0) is 27.9. The fourth-order valence-corrected chi connectivity index (χ4v) is 6.77. The number of aromatic nitrogens is 4. The van der Waals surface area contributed by atoms with Gasteiger partial charge in [-0.05, 0) is 30.4 Å². The van der Waals surface area contributed by atoms with E-state index in [-0.39, 0.29) is 23.1 Å². The molecule has 2 saturated heterocycles. The largest absolute Gasteiger partial charge is 0.465 e. The first kappa shape index (κ1) is 27.5. The number of carbonyl (C=O) groups is 1. The van der Waals surface area contributed by atoms with Crippen LogP contribution in [0, 0.1) is 5.41 Å². The molecule has 5 rings (SSSR count). The number of fused-ring (bicyclic) bond motifs is 1. The minimum Gasteiger partial charge on any atom is -0.465 e. The summed E-state index contributed by atoms with van der Waals surface area (Å²) in [4.78, 5) is 26.4. The Balaban J connectivity index is 1.59. The summed E-state index contributed by atoms with van der Waals surface area (Å²) in [5.74, 6) is 0.911. The van der Waals surface area contributed by atoms with Gasteiger partial charge in [-0.3, -0.25) is 0 Å². The molecule has 0 radical (unpaired) electrons. The zero-order valence-electron chi connectivity index (χ0n) is 22.0. The first-order valence-corrected chi connectivity index (χ1v) is 14.0. The molecular weight excluding hydrogens is 531 g/mol. The Morgan fingerprint density at radius 2 is 2.05 bits per heavy atom. The quantitative estimate of drug-likeness (QED) is 0.392. The van der Waals surface area contributed by atoms with Crippen molar-refractivity contribution in [3.8, 4) is 11.3 Å². The molecule has 0 aliphatic carbocycles. The first-order chi connectivity index (χ1) is 18.4. The Bertz CT molecular complexity index is 1350. The number of hydrogen-bond acceptors (Lipinski definition) is 7. The van der Waals surface area contributed by atoms with E-state index in [2.05, 4.69) is 25.6 Å². The Morgan fingerprint density at radius 1 is 1.26 bits per heavy atom. The SMILES string of the molecule is CC(C)(C)C1C(Nc2ncc(C(F)(F)F)c(-c3cn(C4CNCCS4)c4ncccc34)n2)CCCN1C(=O)O. The number of amides is 1. The number of pyridine rings is 1. The fourth-order valence-electron chi connectivity index (χ4n) is 5.68. The van der Waals surface area contributed by atoms with E-state index >= 15 is 0 Å². The molecule has 0 bridgehead atoms. The lowest BCUT2D eigenvalue weighted by Gasteiger charge is -2.46. The normalized spacial score (nSPS) is 22.7. The Hall–Kier alpha value is -3.06. The third-order valence-corrected chi connectivity index (χ3v) is 8.45. The van der Waals surface area contributed by atoms with Crippen LogP contribution in [0.5, 0.6) is 0 Å². The van der Waals surface area contributed by atoms with Crippen molar-refractivity contribution in [3.05, 3.63) is 36.3 Å². The van der Waals surface area contributed by atoms with Crippen LogP contribution in [0.1, 0.15) is 44.6 Å². The fraction of sp³-hybridized carbons (Fsp3) is 0.538. The van der Waals surface area contributed by atoms with Crippen molar-refractivity contribution >= 4 is 34.8 Å². The third kappa shape index (κ3) is 5.51. The molecule has 13 heteroatoms. The number of likely N-dealkylation sites (tertiary alicyclic amines) is 1.